The van der Waals surface area contributed by atoms with Crippen LogP contribution < -0.4 is 5.10 Å². The molecule has 0 amide bonds. The summed E-state index contributed by atoms with van der Waals surface area (Å²) >= 11 is 0. The molecule has 0 unspecified atom stereocenters. The normalized spacial score (nSPS) is 15.0. The smallest absolute Gasteiger partial charge is 0.375 e. The number of hydrogen-bond acceptors (Lipinski definition) is 4. The van der Waals surface area contributed by atoms with Crippen molar-refractivity contribution < 1.29 is 0 Å². The summed E-state index contributed by atoms with van der Waals surface area (Å²) in [6.07, 6.45) is 0. The molecule has 6 nitrogen and oxygen atoms in total. The third-order valence-corrected chi connectivity index (χ3v) is 6.03. The lowest BCUT2D eigenvalue weighted by Gasteiger charge is -2.31. The first kappa shape index (κ1) is 17.5. The summed E-state index contributed by atoms with van der Waals surface area (Å²) in [6, 6.07) is 0. The Morgan fingerprint density at radius 3 is 1.44 bits per heavy atom. The maximum Gasteiger partial charge on any atom is 0.375 e. The van der Waals surface area contributed by atoms with Crippen LogP contribution in [0.15, 0.2) is 11.3 Å². The van der Waals surface area contributed by atoms with Gasteiger partial charge in [-0.1, -0.05) is 0 Å². The fraction of sp³-hybridized carbons (Fsp3) is 0.500. The first-order valence-electron chi connectivity index (χ1n) is 8.89. The highest BCUT2D eigenvalue weighted by molar-refractivity contribution is 6.52. The molecule has 2 aromatic rings. The summed E-state index contributed by atoms with van der Waals surface area (Å²) in [5.74, 6) is 0. The van der Waals surface area contributed by atoms with Crippen molar-refractivity contribution >= 4 is 12.8 Å². The highest BCUT2D eigenvalue weighted by Crippen LogP contribution is 2.22. The van der Waals surface area contributed by atoms with Crippen molar-refractivity contribution in [3.63, 3.8) is 0 Å². The molecule has 0 saturated carbocycles. The minimum atomic E-state index is -1.32. The van der Waals surface area contributed by atoms with E-state index in [2.05, 4.69) is 76.4 Å². The van der Waals surface area contributed by atoms with Crippen LogP contribution in [-0.2, 0) is 0 Å². The number of nitrogens with zero attached hydrogens (tertiary/aromatic N) is 6. The Morgan fingerprint density at radius 1 is 0.720 bits per heavy atom. The molecule has 25 heavy (non-hydrogen) atoms. The van der Waals surface area contributed by atoms with Gasteiger partial charge in [0.05, 0.1) is 11.4 Å². The summed E-state index contributed by atoms with van der Waals surface area (Å²) in [4.78, 5) is 2.13. The van der Waals surface area contributed by atoms with Gasteiger partial charge in [-0.25, -0.2) is 15.1 Å². The fourth-order valence-corrected chi connectivity index (χ4v) is 3.57. The summed E-state index contributed by atoms with van der Waals surface area (Å²) in [5, 5.41) is 14.6. The van der Waals surface area contributed by atoms with Crippen LogP contribution in [0.2, 0.25) is 0 Å². The molecule has 0 spiro atoms. The molecular weight excluding hydrogens is 311 g/mol. The average molecular weight is 339 g/mol. The molecule has 1 radical (unpaired) electrons. The topological polar surface area (TPSA) is 53.0 Å². The molecule has 1 aliphatic rings. The fourth-order valence-electron chi connectivity index (χ4n) is 3.57. The predicted molar refractivity (Wildman–Crippen MR) is 104 cm³/mol. The highest BCUT2D eigenvalue weighted by atomic mass is 15.6. The maximum absolute atomic E-state index is 4.85. The Labute approximate surface area is 150 Å². The Kier molecular flexibility index (Phi) is 4.13. The number of allylic oxidation sites excluding steroid dienone is 2. The third-order valence-electron chi connectivity index (χ3n) is 6.03. The second-order valence-electron chi connectivity index (χ2n) is 7.31. The van der Waals surface area contributed by atoms with Crippen LogP contribution in [0.5, 0.6) is 0 Å². The quantitative estimate of drug-likeness (QED) is 0.807. The van der Waals surface area contributed by atoms with Crippen molar-refractivity contribution in [2.75, 3.05) is 0 Å². The van der Waals surface area contributed by atoms with Gasteiger partial charge in [-0.3, -0.25) is 0 Å². The Hall–Kier alpha value is -2.31. The molecule has 3 heterocycles. The van der Waals surface area contributed by atoms with Crippen LogP contribution in [0.1, 0.15) is 54.7 Å². The van der Waals surface area contributed by atoms with Gasteiger partial charge >= 0.3 is 7.12 Å². The molecule has 0 N–H and O–H groups in total. The lowest BCUT2D eigenvalue weighted by Crippen LogP contribution is -2.52. The van der Waals surface area contributed by atoms with Crippen molar-refractivity contribution in [3.8, 4) is 0 Å². The molecule has 0 bridgehead atoms. The van der Waals surface area contributed by atoms with Gasteiger partial charge in [0.2, 0.25) is 0 Å². The molecule has 2 aromatic heterocycles. The zero-order valence-electron chi connectivity index (χ0n) is 16.9. The van der Waals surface area contributed by atoms with Gasteiger partial charge in [-0.15, -0.1) is 0 Å². The standard InChI is InChI=1S/C18H28BN6/c1-10-13(4)20-23(16(10)7)19(24-17(8)11(2)14(5)21-24)25-18(9)12(3)15(6)22-25/h19H,1-9H3. The number of hydrogen-bond donors (Lipinski definition) is 0. The SMILES string of the molecule is CC1=[N+]N([BH-](n2nc(C)c(C)c2C)n2nc(C)c(C)c2C)C(C)=C1C. The van der Waals surface area contributed by atoms with Crippen LogP contribution >= 0.6 is 0 Å². The molecule has 7 heteroatoms. The first-order chi connectivity index (χ1) is 11.6. The summed E-state index contributed by atoms with van der Waals surface area (Å²) in [6.45, 7) is 19.0. The van der Waals surface area contributed by atoms with Crippen LogP contribution in [0.3, 0.4) is 0 Å². The number of rotatable bonds is 3. The molecule has 0 atom stereocenters. The van der Waals surface area contributed by atoms with E-state index < -0.39 is 7.12 Å². The number of hydrazone groups is 1. The molecular formula is C18H28BN6. The molecule has 133 valence electrons. The highest BCUT2D eigenvalue weighted by Gasteiger charge is 2.36. The van der Waals surface area contributed by atoms with Crippen molar-refractivity contribution in [1.29, 1.82) is 0 Å². The van der Waals surface area contributed by atoms with E-state index in [1.807, 2.05) is 0 Å². The molecule has 1 aliphatic heterocycles. The van der Waals surface area contributed by atoms with Gasteiger partial charge in [0.25, 0.3) is 5.71 Å². The van der Waals surface area contributed by atoms with E-state index >= 15 is 0 Å². The number of aryl methyl sites for hydroxylation is 2. The van der Waals surface area contributed by atoms with E-state index in [1.54, 1.807) is 0 Å². The monoisotopic (exact) mass is 339 g/mol. The van der Waals surface area contributed by atoms with E-state index in [9.17, 15) is 0 Å². The van der Waals surface area contributed by atoms with Crippen LogP contribution in [-0.4, -0.2) is 37.1 Å². The molecule has 3 rings (SSSR count). The van der Waals surface area contributed by atoms with Crippen molar-refractivity contribution in [2.45, 2.75) is 62.3 Å². The zero-order valence-corrected chi connectivity index (χ0v) is 16.9. The summed E-state index contributed by atoms with van der Waals surface area (Å²) in [7, 11) is -1.32. The first-order valence-corrected chi connectivity index (χ1v) is 8.89. The molecule has 0 aliphatic carbocycles. The van der Waals surface area contributed by atoms with E-state index in [-0.39, 0.29) is 0 Å². The van der Waals surface area contributed by atoms with Gasteiger partial charge in [0, 0.05) is 18.2 Å². The number of aromatic nitrogens is 4. The van der Waals surface area contributed by atoms with E-state index in [4.69, 9.17) is 15.3 Å². The van der Waals surface area contributed by atoms with Crippen LogP contribution in [0, 0.1) is 41.5 Å². The third kappa shape index (κ3) is 2.53. The van der Waals surface area contributed by atoms with Gasteiger partial charge in [0.1, 0.15) is 5.10 Å². The van der Waals surface area contributed by atoms with E-state index in [0.717, 1.165) is 17.1 Å². The Balaban J connectivity index is 2.26. The van der Waals surface area contributed by atoms with Crippen molar-refractivity contribution in [3.05, 3.63) is 45.2 Å². The van der Waals surface area contributed by atoms with Crippen molar-refractivity contribution in [2.24, 2.45) is 0 Å². The lowest BCUT2D eigenvalue weighted by atomic mass is 9.90. The van der Waals surface area contributed by atoms with E-state index in [1.165, 1.54) is 33.8 Å². The summed E-state index contributed by atoms with van der Waals surface area (Å²) in [5.41, 5.74) is 10.4. The lowest BCUT2D eigenvalue weighted by molar-refractivity contribution is 0.477. The summed E-state index contributed by atoms with van der Waals surface area (Å²) < 4.78 is 4.25. The minimum Gasteiger partial charge on any atom is -0.397 e. The predicted octanol–water partition coefficient (Wildman–Crippen LogP) is 2.36. The second kappa shape index (κ2) is 5.90. The second-order valence-corrected chi connectivity index (χ2v) is 7.31. The van der Waals surface area contributed by atoms with Crippen molar-refractivity contribution in [1.82, 2.24) is 29.4 Å². The van der Waals surface area contributed by atoms with Crippen LogP contribution in [0.4, 0.5) is 0 Å². The minimum absolute atomic E-state index is 1.06. The average Bonchev–Trinajstić information content (AvgIpc) is 3.08. The molecule has 0 saturated heterocycles. The zero-order chi connectivity index (χ0) is 18.6. The van der Waals surface area contributed by atoms with Gasteiger partial charge in [0.15, 0.2) is 0 Å². The maximum atomic E-state index is 4.85. The molecule has 0 fully saturated rings. The largest absolute Gasteiger partial charge is 0.397 e. The van der Waals surface area contributed by atoms with Crippen LogP contribution in [0.25, 0.3) is 0 Å². The van der Waals surface area contributed by atoms with E-state index in [0.29, 0.717) is 0 Å². The molecule has 0 aromatic carbocycles. The van der Waals surface area contributed by atoms with Gasteiger partial charge in [-0.2, -0.15) is 0 Å². The van der Waals surface area contributed by atoms with Gasteiger partial charge < -0.3 is 9.19 Å². The Morgan fingerprint density at radius 2 is 1.16 bits per heavy atom. The Bertz CT molecular complexity index is 862. The van der Waals surface area contributed by atoms with Gasteiger partial charge in [-0.05, 0) is 77.9 Å².